The summed E-state index contributed by atoms with van der Waals surface area (Å²) in [5.41, 5.74) is 5.90. The second-order valence-corrected chi connectivity index (χ2v) is 10.0. The number of ether oxygens (including phenoxy) is 1. The molecule has 2 saturated carbocycles. The highest BCUT2D eigenvalue weighted by molar-refractivity contribution is 5.72. The van der Waals surface area contributed by atoms with Crippen LogP contribution in [0.15, 0.2) is 47.7 Å². The van der Waals surface area contributed by atoms with Crippen LogP contribution in [0.5, 0.6) is 11.5 Å². The molecule has 0 amide bonds. The normalized spacial score (nSPS) is 28.8. The van der Waals surface area contributed by atoms with Gasteiger partial charge in [-0.3, -0.25) is 20.4 Å². The maximum Gasteiger partial charge on any atom is 0.275 e. The van der Waals surface area contributed by atoms with Crippen LogP contribution in [0.1, 0.15) is 55.2 Å². The molecule has 0 bridgehead atoms. The number of phenolic OH excluding ortho intramolecular Hbond substituents is 1. The van der Waals surface area contributed by atoms with Gasteiger partial charge in [0.25, 0.3) is 5.69 Å². The van der Waals surface area contributed by atoms with Crippen LogP contribution in [0.3, 0.4) is 0 Å². The number of para-hydroxylation sites is 1. The van der Waals surface area contributed by atoms with E-state index in [4.69, 9.17) is 9.57 Å². The molecule has 2 aromatic carbocycles. The fourth-order valence-corrected chi connectivity index (χ4v) is 6.60. The molecule has 5 atom stereocenters. The minimum Gasteiger partial charge on any atom is -0.504 e. The molecule has 1 unspecified atom stereocenters. The lowest BCUT2D eigenvalue weighted by Gasteiger charge is -2.48. The van der Waals surface area contributed by atoms with E-state index in [1.54, 1.807) is 24.3 Å². The number of allylic oxidation sites excluding steroid dienone is 1. The minimum absolute atomic E-state index is 0.00165. The highest BCUT2D eigenvalue weighted by atomic mass is 16.6. The highest BCUT2D eigenvalue weighted by Crippen LogP contribution is 2.61. The largest absolute Gasteiger partial charge is 0.504 e. The van der Waals surface area contributed by atoms with Crippen LogP contribution in [0, 0.1) is 32.3 Å². The van der Waals surface area contributed by atoms with Crippen LogP contribution in [0.25, 0.3) is 5.70 Å². The number of hydrogen-bond acceptors (Lipinski definition) is 8. The average Bonchev–Trinajstić information content (AvgIpc) is 3.20. The fraction of sp³-hybridized carbons (Fsp3) is 0.462. The zero-order chi connectivity index (χ0) is 24.7. The Labute approximate surface area is 203 Å². The maximum atomic E-state index is 11.6. The number of nitro groups is 1. The molecule has 0 radical (unpaired) electrons. The van der Waals surface area contributed by atoms with Crippen molar-refractivity contribution in [3.05, 3.63) is 74.2 Å². The molecule has 3 aliphatic carbocycles. The zero-order valence-corrected chi connectivity index (χ0v) is 19.8. The van der Waals surface area contributed by atoms with E-state index >= 15 is 0 Å². The molecule has 0 aliphatic heterocycles. The van der Waals surface area contributed by atoms with Gasteiger partial charge in [-0.25, -0.2) is 0 Å². The summed E-state index contributed by atoms with van der Waals surface area (Å²) in [6, 6.07) is 9.85. The predicted molar refractivity (Wildman–Crippen MR) is 130 cm³/mol. The summed E-state index contributed by atoms with van der Waals surface area (Å²) in [7, 11) is 1.53. The predicted octanol–water partition coefficient (Wildman–Crippen LogP) is 5.43. The zero-order valence-electron chi connectivity index (χ0n) is 19.8. The first kappa shape index (κ1) is 23.3. The SMILES string of the molecule is COc1cc2c(cc1O)C(NOCc1ccccc1[N+](=O)[O-])=C[C@@H]1[C@@H]2CC[C@]2(C)C(N=O)CC[C@@H]12. The van der Waals surface area contributed by atoms with Gasteiger partial charge < -0.3 is 9.84 Å². The van der Waals surface area contributed by atoms with Crippen molar-refractivity contribution >= 4 is 11.4 Å². The van der Waals surface area contributed by atoms with Crippen molar-refractivity contribution in [3.63, 3.8) is 0 Å². The van der Waals surface area contributed by atoms with Crippen LogP contribution in [-0.2, 0) is 11.4 Å². The number of nitro benzene ring substituents is 1. The summed E-state index contributed by atoms with van der Waals surface area (Å²) in [5.74, 6) is 1.13. The third-order valence-corrected chi connectivity index (χ3v) is 8.41. The number of rotatable bonds is 7. The number of benzene rings is 2. The van der Waals surface area contributed by atoms with Crippen molar-refractivity contribution in [2.45, 2.75) is 51.2 Å². The Morgan fingerprint density at radius 3 is 2.80 bits per heavy atom. The van der Waals surface area contributed by atoms with E-state index in [2.05, 4.69) is 23.7 Å². The number of hydroxylamine groups is 1. The molecule has 5 rings (SSSR count). The molecular formula is C26H29N3O6. The quantitative estimate of drug-likeness (QED) is 0.308. The monoisotopic (exact) mass is 479 g/mol. The molecule has 184 valence electrons. The second kappa shape index (κ2) is 8.96. The Balaban J connectivity index is 1.48. The van der Waals surface area contributed by atoms with Gasteiger partial charge in [0.1, 0.15) is 6.61 Å². The molecule has 2 fully saturated rings. The van der Waals surface area contributed by atoms with Gasteiger partial charge in [0, 0.05) is 11.6 Å². The standard InChI is InChI=1S/C26H29N3O6/c1-26-10-9-16-17-13-24(34-2)23(30)12-19(17)21(11-18(16)20(26)7-8-25(26)27-31)28-35-14-15-5-3-4-6-22(15)29(32)33/h3-6,11-13,16,18,20,25,28,30H,7-10,14H2,1-2H3/t16-,18-,20+,25?,26+/m1/s1. The van der Waals surface area contributed by atoms with E-state index in [1.165, 1.54) is 13.2 Å². The molecule has 0 aromatic heterocycles. The molecule has 35 heavy (non-hydrogen) atoms. The van der Waals surface area contributed by atoms with Crippen molar-refractivity contribution in [2.24, 2.45) is 22.4 Å². The van der Waals surface area contributed by atoms with Crippen molar-refractivity contribution in [3.8, 4) is 11.5 Å². The summed E-state index contributed by atoms with van der Waals surface area (Å²) >= 11 is 0. The van der Waals surface area contributed by atoms with E-state index in [0.29, 0.717) is 22.9 Å². The van der Waals surface area contributed by atoms with E-state index in [9.17, 15) is 20.1 Å². The summed E-state index contributed by atoms with van der Waals surface area (Å²) in [5, 5.41) is 25.3. The number of phenols is 1. The van der Waals surface area contributed by atoms with Gasteiger partial charge in [0.15, 0.2) is 11.5 Å². The Bertz CT molecular complexity index is 1200. The first-order chi connectivity index (χ1) is 16.9. The third-order valence-electron chi connectivity index (χ3n) is 8.41. The molecule has 3 aliphatic rings. The molecule has 2 aromatic rings. The molecular weight excluding hydrogens is 450 g/mol. The Morgan fingerprint density at radius 2 is 2.06 bits per heavy atom. The highest BCUT2D eigenvalue weighted by Gasteiger charge is 2.55. The topological polar surface area (TPSA) is 123 Å². The van der Waals surface area contributed by atoms with E-state index in [1.807, 2.05) is 6.07 Å². The van der Waals surface area contributed by atoms with Gasteiger partial charge >= 0.3 is 0 Å². The Morgan fingerprint density at radius 1 is 1.26 bits per heavy atom. The van der Waals surface area contributed by atoms with Crippen molar-refractivity contribution in [1.82, 2.24) is 5.48 Å². The van der Waals surface area contributed by atoms with Crippen LogP contribution >= 0.6 is 0 Å². The van der Waals surface area contributed by atoms with Gasteiger partial charge in [-0.1, -0.05) is 30.3 Å². The van der Waals surface area contributed by atoms with Crippen LogP contribution < -0.4 is 10.2 Å². The number of hydrogen-bond donors (Lipinski definition) is 2. The molecule has 0 heterocycles. The lowest BCUT2D eigenvalue weighted by molar-refractivity contribution is -0.386. The second-order valence-electron chi connectivity index (χ2n) is 10.0. The molecule has 2 N–H and O–H groups in total. The smallest absolute Gasteiger partial charge is 0.275 e. The van der Waals surface area contributed by atoms with Gasteiger partial charge in [-0.05, 0) is 72.6 Å². The first-order valence-corrected chi connectivity index (χ1v) is 11.9. The van der Waals surface area contributed by atoms with E-state index in [-0.39, 0.29) is 41.3 Å². The minimum atomic E-state index is -0.427. The van der Waals surface area contributed by atoms with Gasteiger partial charge in [0.2, 0.25) is 0 Å². The molecule has 9 heteroatoms. The Kier molecular flexibility index (Phi) is 5.96. The van der Waals surface area contributed by atoms with Crippen molar-refractivity contribution in [1.29, 1.82) is 0 Å². The Hall–Kier alpha value is -3.46. The average molecular weight is 480 g/mol. The lowest BCUT2D eigenvalue weighted by Crippen LogP contribution is -2.42. The van der Waals surface area contributed by atoms with Crippen LogP contribution in [0.2, 0.25) is 0 Å². The summed E-state index contributed by atoms with van der Waals surface area (Å²) in [4.78, 5) is 28.2. The van der Waals surface area contributed by atoms with Crippen LogP contribution in [-0.4, -0.2) is 23.2 Å². The van der Waals surface area contributed by atoms with Gasteiger partial charge in [0.05, 0.1) is 29.3 Å². The molecule has 0 saturated heterocycles. The summed E-state index contributed by atoms with van der Waals surface area (Å²) in [6.07, 6.45) is 5.70. The number of nitrogens with zero attached hydrogens (tertiary/aromatic N) is 2. The number of aromatic hydroxyl groups is 1. The molecule has 0 spiro atoms. The van der Waals surface area contributed by atoms with E-state index in [0.717, 1.165) is 36.8 Å². The number of methoxy groups -OCH3 is 1. The van der Waals surface area contributed by atoms with Gasteiger partial charge in [-0.2, -0.15) is 4.91 Å². The number of nitroso groups, excluding NO2 is 1. The van der Waals surface area contributed by atoms with Crippen molar-refractivity contribution in [2.75, 3.05) is 7.11 Å². The van der Waals surface area contributed by atoms with Crippen molar-refractivity contribution < 1.29 is 19.6 Å². The van der Waals surface area contributed by atoms with E-state index < -0.39 is 4.92 Å². The fourth-order valence-electron chi connectivity index (χ4n) is 6.60. The number of fused-ring (bicyclic) bond motifs is 5. The van der Waals surface area contributed by atoms with Crippen LogP contribution in [0.4, 0.5) is 5.69 Å². The summed E-state index contributed by atoms with van der Waals surface area (Å²) < 4.78 is 5.40. The van der Waals surface area contributed by atoms with Gasteiger partial charge in [-0.15, -0.1) is 0 Å². The lowest BCUT2D eigenvalue weighted by atomic mass is 9.56. The summed E-state index contributed by atoms with van der Waals surface area (Å²) in [6.45, 7) is 2.18. The number of nitrogens with one attached hydrogen (secondary N) is 1. The first-order valence-electron chi connectivity index (χ1n) is 11.9. The third kappa shape index (κ3) is 3.83. The molecule has 9 nitrogen and oxygen atoms in total. The maximum absolute atomic E-state index is 11.6.